The van der Waals surface area contributed by atoms with Crippen molar-refractivity contribution in [2.24, 2.45) is 5.92 Å². The van der Waals surface area contributed by atoms with E-state index in [0.717, 1.165) is 37.1 Å². The molecule has 106 valence electrons. The number of methoxy groups -OCH3 is 1. The third-order valence-corrected chi connectivity index (χ3v) is 3.16. The van der Waals surface area contributed by atoms with Gasteiger partial charge in [0, 0.05) is 6.54 Å². The van der Waals surface area contributed by atoms with E-state index in [4.69, 9.17) is 14.2 Å². The quantitative estimate of drug-likeness (QED) is 0.550. The lowest BCUT2D eigenvalue weighted by molar-refractivity contribution is 0.00862. The largest absolute Gasteiger partial charge is 0.493 e. The normalized spacial score (nSPS) is 14.4. The van der Waals surface area contributed by atoms with Crippen LogP contribution in [0.2, 0.25) is 0 Å². The zero-order chi connectivity index (χ0) is 13.5. The van der Waals surface area contributed by atoms with Gasteiger partial charge in [0.25, 0.3) is 0 Å². The van der Waals surface area contributed by atoms with Crippen molar-refractivity contribution in [3.8, 4) is 11.5 Å². The molecular formula is C15H23NO3. The van der Waals surface area contributed by atoms with Crippen LogP contribution in [0.3, 0.4) is 0 Å². The molecule has 1 aromatic rings. The highest BCUT2D eigenvalue weighted by Gasteiger charge is 2.21. The molecule has 1 aliphatic carbocycles. The molecule has 1 saturated carbocycles. The first-order valence-electron chi connectivity index (χ1n) is 6.91. The molecule has 0 atom stereocenters. The summed E-state index contributed by atoms with van der Waals surface area (Å²) in [4.78, 5) is 0. The van der Waals surface area contributed by atoms with Gasteiger partial charge in [0.05, 0.1) is 13.7 Å². The maximum Gasteiger partial charge on any atom is 0.189 e. The zero-order valence-corrected chi connectivity index (χ0v) is 11.8. The van der Waals surface area contributed by atoms with E-state index in [1.165, 1.54) is 18.4 Å². The number of ether oxygens (including phenoxy) is 3. The Hall–Kier alpha value is -1.26. The van der Waals surface area contributed by atoms with E-state index in [2.05, 4.69) is 12.2 Å². The Kier molecular flexibility index (Phi) is 5.48. The van der Waals surface area contributed by atoms with E-state index >= 15 is 0 Å². The third-order valence-electron chi connectivity index (χ3n) is 3.16. The third kappa shape index (κ3) is 4.73. The van der Waals surface area contributed by atoms with Crippen LogP contribution in [0.4, 0.5) is 0 Å². The molecule has 0 heterocycles. The first-order valence-corrected chi connectivity index (χ1v) is 6.91. The van der Waals surface area contributed by atoms with Crippen molar-refractivity contribution in [1.29, 1.82) is 0 Å². The topological polar surface area (TPSA) is 39.7 Å². The summed E-state index contributed by atoms with van der Waals surface area (Å²) in [6.07, 6.45) is 2.59. The molecule has 2 rings (SSSR count). The van der Waals surface area contributed by atoms with E-state index in [-0.39, 0.29) is 6.79 Å². The second-order valence-corrected chi connectivity index (χ2v) is 4.84. The predicted molar refractivity (Wildman–Crippen MR) is 74.5 cm³/mol. The fourth-order valence-electron chi connectivity index (χ4n) is 1.82. The molecule has 1 aliphatic rings. The summed E-state index contributed by atoms with van der Waals surface area (Å²) >= 11 is 0. The number of hydrogen-bond acceptors (Lipinski definition) is 4. The molecule has 4 nitrogen and oxygen atoms in total. The highest BCUT2D eigenvalue weighted by atomic mass is 16.7. The molecule has 0 radical (unpaired) electrons. The first kappa shape index (κ1) is 14.2. The predicted octanol–water partition coefficient (Wildman–Crippen LogP) is 2.57. The van der Waals surface area contributed by atoms with Gasteiger partial charge in [-0.1, -0.05) is 13.0 Å². The monoisotopic (exact) mass is 265 g/mol. The van der Waals surface area contributed by atoms with Gasteiger partial charge in [0.2, 0.25) is 0 Å². The summed E-state index contributed by atoms with van der Waals surface area (Å²) in [5.41, 5.74) is 1.18. The van der Waals surface area contributed by atoms with Crippen molar-refractivity contribution in [1.82, 2.24) is 5.32 Å². The van der Waals surface area contributed by atoms with E-state index < -0.39 is 0 Å². The van der Waals surface area contributed by atoms with Gasteiger partial charge in [0.15, 0.2) is 18.3 Å². The Morgan fingerprint density at radius 1 is 1.26 bits per heavy atom. The maximum absolute atomic E-state index is 5.65. The van der Waals surface area contributed by atoms with Gasteiger partial charge >= 0.3 is 0 Å². The SMILES string of the molecule is CCNCc1ccc(OC)c(OCOCC2CC2)c1. The summed E-state index contributed by atoms with van der Waals surface area (Å²) in [5.74, 6) is 2.24. The van der Waals surface area contributed by atoms with E-state index in [9.17, 15) is 0 Å². The molecule has 0 aromatic heterocycles. The van der Waals surface area contributed by atoms with Crippen LogP contribution in [-0.4, -0.2) is 27.1 Å². The molecule has 0 amide bonds. The molecule has 0 unspecified atom stereocenters. The molecule has 1 N–H and O–H groups in total. The molecule has 19 heavy (non-hydrogen) atoms. The number of benzene rings is 1. The van der Waals surface area contributed by atoms with Crippen LogP contribution in [0.15, 0.2) is 18.2 Å². The fourth-order valence-corrected chi connectivity index (χ4v) is 1.82. The van der Waals surface area contributed by atoms with Crippen LogP contribution < -0.4 is 14.8 Å². The van der Waals surface area contributed by atoms with Crippen LogP contribution in [0.1, 0.15) is 25.3 Å². The van der Waals surface area contributed by atoms with Crippen molar-refractivity contribution in [2.45, 2.75) is 26.3 Å². The summed E-state index contributed by atoms with van der Waals surface area (Å²) in [6.45, 7) is 4.97. The van der Waals surface area contributed by atoms with Gasteiger partial charge in [-0.25, -0.2) is 0 Å². The Labute approximate surface area is 115 Å². The number of nitrogens with one attached hydrogen (secondary N) is 1. The lowest BCUT2D eigenvalue weighted by Gasteiger charge is -2.12. The molecule has 1 fully saturated rings. The van der Waals surface area contributed by atoms with Crippen LogP contribution in [-0.2, 0) is 11.3 Å². The smallest absolute Gasteiger partial charge is 0.189 e. The molecular weight excluding hydrogens is 242 g/mol. The highest BCUT2D eigenvalue weighted by molar-refractivity contribution is 5.42. The summed E-state index contributed by atoms with van der Waals surface area (Å²) in [6, 6.07) is 5.98. The van der Waals surface area contributed by atoms with Gasteiger partial charge in [0.1, 0.15) is 0 Å². The van der Waals surface area contributed by atoms with Crippen molar-refractivity contribution in [2.75, 3.05) is 27.1 Å². The van der Waals surface area contributed by atoms with Crippen LogP contribution >= 0.6 is 0 Å². The van der Waals surface area contributed by atoms with Gasteiger partial charge in [-0.05, 0) is 43.0 Å². The standard InChI is InChI=1S/C15H23NO3/c1-3-16-9-13-6-7-14(17-2)15(8-13)19-11-18-10-12-4-5-12/h6-8,12,16H,3-5,9-11H2,1-2H3. The highest BCUT2D eigenvalue weighted by Crippen LogP contribution is 2.30. The molecule has 0 spiro atoms. The average molecular weight is 265 g/mol. The number of hydrogen-bond donors (Lipinski definition) is 1. The molecule has 4 heteroatoms. The van der Waals surface area contributed by atoms with Crippen molar-refractivity contribution >= 4 is 0 Å². The molecule has 1 aromatic carbocycles. The van der Waals surface area contributed by atoms with E-state index in [1.54, 1.807) is 7.11 Å². The van der Waals surface area contributed by atoms with Crippen molar-refractivity contribution in [3.63, 3.8) is 0 Å². The minimum Gasteiger partial charge on any atom is -0.493 e. The van der Waals surface area contributed by atoms with Crippen molar-refractivity contribution in [3.05, 3.63) is 23.8 Å². The average Bonchev–Trinajstić information content (AvgIpc) is 3.25. The Bertz CT molecular complexity index is 391. The minimum atomic E-state index is 0.289. The molecule has 0 aliphatic heterocycles. The van der Waals surface area contributed by atoms with E-state index in [1.807, 2.05) is 18.2 Å². The first-order chi connectivity index (χ1) is 9.33. The summed E-state index contributed by atoms with van der Waals surface area (Å²) in [7, 11) is 1.65. The Balaban J connectivity index is 1.86. The Morgan fingerprint density at radius 2 is 2.11 bits per heavy atom. The second-order valence-electron chi connectivity index (χ2n) is 4.84. The van der Waals surface area contributed by atoms with E-state index in [0.29, 0.717) is 0 Å². The van der Waals surface area contributed by atoms with Crippen LogP contribution in [0.5, 0.6) is 11.5 Å². The van der Waals surface area contributed by atoms with Crippen molar-refractivity contribution < 1.29 is 14.2 Å². The number of rotatable bonds is 9. The maximum atomic E-state index is 5.65. The molecule has 0 bridgehead atoms. The van der Waals surface area contributed by atoms with Crippen LogP contribution in [0.25, 0.3) is 0 Å². The summed E-state index contributed by atoms with van der Waals surface area (Å²) < 4.78 is 16.4. The fraction of sp³-hybridized carbons (Fsp3) is 0.600. The van der Waals surface area contributed by atoms with Gasteiger partial charge in [-0.3, -0.25) is 0 Å². The lowest BCUT2D eigenvalue weighted by Crippen LogP contribution is -2.12. The zero-order valence-electron chi connectivity index (χ0n) is 11.8. The lowest BCUT2D eigenvalue weighted by atomic mass is 10.2. The minimum absolute atomic E-state index is 0.289. The summed E-state index contributed by atoms with van der Waals surface area (Å²) in [5, 5.41) is 3.29. The van der Waals surface area contributed by atoms with Crippen LogP contribution in [0, 0.1) is 5.92 Å². The van der Waals surface area contributed by atoms with Gasteiger partial charge in [-0.15, -0.1) is 0 Å². The Morgan fingerprint density at radius 3 is 2.79 bits per heavy atom. The second kappa shape index (κ2) is 7.36. The van der Waals surface area contributed by atoms with Gasteiger partial charge < -0.3 is 19.5 Å². The van der Waals surface area contributed by atoms with Gasteiger partial charge in [-0.2, -0.15) is 0 Å². The molecule has 0 saturated heterocycles.